The zero-order valence-corrected chi connectivity index (χ0v) is 11.4. The molecule has 0 saturated carbocycles. The number of hydrogen-bond acceptors (Lipinski definition) is 3. The maximum absolute atomic E-state index is 11.4. The Labute approximate surface area is 112 Å². The van der Waals surface area contributed by atoms with Crippen LogP contribution in [0.4, 0.5) is 5.82 Å². The molecule has 100 valence electrons. The highest BCUT2D eigenvalue weighted by Crippen LogP contribution is 2.22. The molecule has 0 aliphatic carbocycles. The van der Waals surface area contributed by atoms with Gasteiger partial charge in [-0.2, -0.15) is 5.10 Å². The number of carbonyl (C=O) groups excluding carboxylic acids is 1. The minimum atomic E-state index is -0.110. The fourth-order valence-corrected chi connectivity index (χ4v) is 2.01. The first kappa shape index (κ1) is 13.3. The van der Waals surface area contributed by atoms with Crippen LogP contribution in [0.3, 0.4) is 0 Å². The number of anilines is 1. The number of likely N-dealkylation sites (N-methyl/N-ethyl adjacent to an activating group) is 1. The number of aromatic nitrogens is 2. The van der Waals surface area contributed by atoms with Gasteiger partial charge in [0.05, 0.1) is 12.2 Å². The lowest BCUT2D eigenvalue weighted by Gasteiger charge is -2.02. The Kier molecular flexibility index (Phi) is 3.97. The number of rotatable bonds is 4. The number of nitrogens with one attached hydrogen (secondary N) is 3. The Morgan fingerprint density at radius 2 is 1.89 bits per heavy atom. The van der Waals surface area contributed by atoms with Crippen LogP contribution in [0.2, 0.25) is 0 Å². The first-order valence-electron chi connectivity index (χ1n) is 6.17. The number of amides is 1. The Morgan fingerprint density at radius 1 is 1.21 bits per heavy atom. The average Bonchev–Trinajstić information content (AvgIpc) is 2.76. The van der Waals surface area contributed by atoms with Gasteiger partial charge in [0.2, 0.25) is 5.91 Å². The van der Waals surface area contributed by atoms with E-state index in [0.717, 1.165) is 11.3 Å². The summed E-state index contributed by atoms with van der Waals surface area (Å²) in [6.45, 7) is 4.39. The van der Waals surface area contributed by atoms with E-state index in [1.165, 1.54) is 11.1 Å². The molecular weight excluding hydrogens is 240 g/mol. The van der Waals surface area contributed by atoms with Gasteiger partial charge in [0.1, 0.15) is 0 Å². The van der Waals surface area contributed by atoms with Crippen molar-refractivity contribution in [2.75, 3.05) is 18.9 Å². The monoisotopic (exact) mass is 258 g/mol. The number of aromatic amines is 1. The van der Waals surface area contributed by atoms with E-state index in [9.17, 15) is 4.79 Å². The van der Waals surface area contributed by atoms with E-state index in [4.69, 9.17) is 0 Å². The van der Waals surface area contributed by atoms with Crippen LogP contribution >= 0.6 is 0 Å². The van der Waals surface area contributed by atoms with E-state index in [2.05, 4.69) is 52.9 Å². The number of aryl methyl sites for hydroxylation is 2. The van der Waals surface area contributed by atoms with Crippen LogP contribution < -0.4 is 10.6 Å². The number of H-pyrrole nitrogens is 1. The van der Waals surface area contributed by atoms with E-state index in [0.29, 0.717) is 5.82 Å². The first-order valence-corrected chi connectivity index (χ1v) is 6.17. The second kappa shape index (κ2) is 5.67. The lowest BCUT2D eigenvalue weighted by atomic mass is 10.1. The average molecular weight is 258 g/mol. The lowest BCUT2D eigenvalue weighted by Crippen LogP contribution is -2.25. The molecule has 0 spiro atoms. The molecule has 0 saturated heterocycles. The number of hydrogen-bond donors (Lipinski definition) is 3. The predicted molar refractivity (Wildman–Crippen MR) is 76.1 cm³/mol. The lowest BCUT2D eigenvalue weighted by molar-refractivity contribution is -0.115. The van der Waals surface area contributed by atoms with Gasteiger partial charge >= 0.3 is 0 Å². The molecule has 1 heterocycles. The fourth-order valence-electron chi connectivity index (χ4n) is 2.01. The number of carbonyl (C=O) groups is 1. The molecule has 0 aliphatic rings. The van der Waals surface area contributed by atoms with Crippen molar-refractivity contribution in [3.8, 4) is 11.3 Å². The molecule has 0 unspecified atom stereocenters. The van der Waals surface area contributed by atoms with Crippen LogP contribution in [0.5, 0.6) is 0 Å². The molecule has 0 radical (unpaired) electrons. The minimum absolute atomic E-state index is 0.110. The molecule has 1 aromatic heterocycles. The molecule has 0 aliphatic heterocycles. The SMILES string of the molecule is CNCC(=O)Nc1cc(-c2cc(C)cc(C)c2)[nH]n1. The second-order valence-electron chi connectivity index (χ2n) is 4.62. The largest absolute Gasteiger partial charge is 0.311 e. The van der Waals surface area contributed by atoms with Crippen LogP contribution in [0.25, 0.3) is 11.3 Å². The van der Waals surface area contributed by atoms with Gasteiger partial charge in [-0.25, -0.2) is 0 Å². The van der Waals surface area contributed by atoms with Gasteiger partial charge in [-0.15, -0.1) is 0 Å². The van der Waals surface area contributed by atoms with Crippen LogP contribution in [0.15, 0.2) is 24.3 Å². The minimum Gasteiger partial charge on any atom is -0.311 e. The van der Waals surface area contributed by atoms with Crippen molar-refractivity contribution in [2.45, 2.75) is 13.8 Å². The van der Waals surface area contributed by atoms with Crippen LogP contribution in [0, 0.1) is 13.8 Å². The van der Waals surface area contributed by atoms with Crippen LogP contribution in [-0.4, -0.2) is 29.7 Å². The molecule has 5 heteroatoms. The predicted octanol–water partition coefficient (Wildman–Crippen LogP) is 1.85. The van der Waals surface area contributed by atoms with Gasteiger partial charge in [-0.1, -0.05) is 17.2 Å². The summed E-state index contributed by atoms with van der Waals surface area (Å²) in [5, 5.41) is 12.5. The van der Waals surface area contributed by atoms with Crippen LogP contribution in [0.1, 0.15) is 11.1 Å². The van der Waals surface area contributed by atoms with Gasteiger partial charge in [-0.05, 0) is 33.0 Å². The van der Waals surface area contributed by atoms with E-state index in [1.54, 1.807) is 7.05 Å². The van der Waals surface area contributed by atoms with Crippen molar-refractivity contribution in [3.05, 3.63) is 35.4 Å². The third kappa shape index (κ3) is 3.42. The molecule has 2 rings (SSSR count). The maximum Gasteiger partial charge on any atom is 0.239 e. The third-order valence-electron chi connectivity index (χ3n) is 2.72. The Hall–Kier alpha value is -2.14. The van der Waals surface area contributed by atoms with Crippen molar-refractivity contribution in [3.63, 3.8) is 0 Å². The van der Waals surface area contributed by atoms with E-state index < -0.39 is 0 Å². The molecule has 1 aromatic carbocycles. The fraction of sp³-hybridized carbons (Fsp3) is 0.286. The first-order chi connectivity index (χ1) is 9.08. The maximum atomic E-state index is 11.4. The molecular formula is C14H18N4O. The van der Waals surface area contributed by atoms with Crippen molar-refractivity contribution in [1.29, 1.82) is 0 Å². The second-order valence-corrected chi connectivity index (χ2v) is 4.62. The molecule has 2 aromatic rings. The molecule has 1 amide bonds. The molecule has 19 heavy (non-hydrogen) atoms. The summed E-state index contributed by atoms with van der Waals surface area (Å²) in [6.07, 6.45) is 0. The summed E-state index contributed by atoms with van der Waals surface area (Å²) in [4.78, 5) is 11.4. The highest BCUT2D eigenvalue weighted by atomic mass is 16.2. The van der Waals surface area contributed by atoms with Crippen LogP contribution in [-0.2, 0) is 4.79 Å². The standard InChI is InChI=1S/C14H18N4O/c1-9-4-10(2)6-11(5-9)12-7-13(18-17-12)16-14(19)8-15-3/h4-7,15H,8H2,1-3H3,(H2,16,17,18,19). The Morgan fingerprint density at radius 3 is 2.53 bits per heavy atom. The quantitative estimate of drug-likeness (QED) is 0.784. The Balaban J connectivity index is 2.18. The van der Waals surface area contributed by atoms with Gasteiger partial charge in [-0.3, -0.25) is 9.89 Å². The summed E-state index contributed by atoms with van der Waals surface area (Å²) >= 11 is 0. The molecule has 5 nitrogen and oxygen atoms in total. The molecule has 0 atom stereocenters. The Bertz CT molecular complexity index is 569. The van der Waals surface area contributed by atoms with Gasteiger partial charge in [0.15, 0.2) is 5.82 Å². The summed E-state index contributed by atoms with van der Waals surface area (Å²) < 4.78 is 0. The summed E-state index contributed by atoms with van der Waals surface area (Å²) in [5.41, 5.74) is 4.36. The topological polar surface area (TPSA) is 69.8 Å². The summed E-state index contributed by atoms with van der Waals surface area (Å²) in [6, 6.07) is 8.12. The third-order valence-corrected chi connectivity index (χ3v) is 2.72. The van der Waals surface area contributed by atoms with E-state index >= 15 is 0 Å². The van der Waals surface area contributed by atoms with E-state index in [-0.39, 0.29) is 12.5 Å². The van der Waals surface area contributed by atoms with Crippen molar-refractivity contribution in [1.82, 2.24) is 15.5 Å². The zero-order chi connectivity index (χ0) is 13.8. The summed E-state index contributed by atoms with van der Waals surface area (Å²) in [7, 11) is 1.73. The van der Waals surface area contributed by atoms with Crippen molar-refractivity contribution >= 4 is 11.7 Å². The van der Waals surface area contributed by atoms with Crippen molar-refractivity contribution in [2.24, 2.45) is 0 Å². The summed E-state index contributed by atoms with van der Waals surface area (Å²) in [5.74, 6) is 0.426. The number of benzene rings is 1. The van der Waals surface area contributed by atoms with Gasteiger partial charge in [0.25, 0.3) is 0 Å². The molecule has 0 bridgehead atoms. The smallest absolute Gasteiger partial charge is 0.239 e. The molecule has 0 fully saturated rings. The highest BCUT2D eigenvalue weighted by molar-refractivity contribution is 5.91. The van der Waals surface area contributed by atoms with Gasteiger partial charge in [0, 0.05) is 11.6 Å². The van der Waals surface area contributed by atoms with Crippen molar-refractivity contribution < 1.29 is 4.79 Å². The number of nitrogens with zero attached hydrogens (tertiary/aromatic N) is 1. The normalized spacial score (nSPS) is 10.5. The van der Waals surface area contributed by atoms with E-state index in [1.807, 2.05) is 6.07 Å². The highest BCUT2D eigenvalue weighted by Gasteiger charge is 2.07. The zero-order valence-electron chi connectivity index (χ0n) is 11.4. The van der Waals surface area contributed by atoms with Gasteiger partial charge < -0.3 is 10.6 Å². The molecule has 3 N–H and O–H groups in total.